The third-order valence-corrected chi connectivity index (χ3v) is 2.27. The maximum atomic E-state index is 5.53. The Morgan fingerprint density at radius 1 is 1.07 bits per heavy atom. The van der Waals surface area contributed by atoms with Crippen LogP contribution in [0.4, 0.5) is 0 Å². The van der Waals surface area contributed by atoms with E-state index >= 15 is 0 Å². The minimum absolute atomic E-state index is 0.700. The second kappa shape index (κ2) is 11.6. The van der Waals surface area contributed by atoms with Crippen molar-refractivity contribution in [2.24, 2.45) is 5.92 Å². The second-order valence-electron chi connectivity index (χ2n) is 3.43. The molecule has 0 atom stereocenters. The van der Waals surface area contributed by atoms with Crippen LogP contribution in [0.15, 0.2) is 23.3 Å². The van der Waals surface area contributed by atoms with Gasteiger partial charge in [-0.3, -0.25) is 0 Å². The average molecular weight is 206 g/mol. The summed E-state index contributed by atoms with van der Waals surface area (Å²) < 4.78 is 0. The molecule has 0 heterocycles. The molecule has 0 spiro atoms. The molecule has 0 saturated heterocycles. The van der Waals surface area contributed by atoms with Crippen LogP contribution in [0.2, 0.25) is 6.32 Å². The molecule has 0 aliphatic heterocycles. The lowest BCUT2D eigenvalue weighted by atomic mass is 9.86. The van der Waals surface area contributed by atoms with Crippen molar-refractivity contribution in [1.29, 1.82) is 0 Å². The van der Waals surface area contributed by atoms with Gasteiger partial charge in [0, 0.05) is 0 Å². The molecule has 0 aromatic rings. The van der Waals surface area contributed by atoms with E-state index in [9.17, 15) is 0 Å². The molecule has 2 radical (unpaired) electrons. The molecule has 0 unspecified atom stereocenters. The fourth-order valence-corrected chi connectivity index (χ4v) is 1.35. The molecule has 0 saturated carbocycles. The van der Waals surface area contributed by atoms with Crippen LogP contribution >= 0.6 is 0 Å². The monoisotopic (exact) mass is 206 g/mol. The highest BCUT2D eigenvalue weighted by Gasteiger charge is 2.07. The summed E-state index contributed by atoms with van der Waals surface area (Å²) in [6, 6.07) is 0. The van der Waals surface area contributed by atoms with Crippen molar-refractivity contribution < 1.29 is 0 Å². The van der Waals surface area contributed by atoms with Crippen molar-refractivity contribution in [2.75, 3.05) is 0 Å². The predicted molar refractivity (Wildman–Crippen MR) is 73.5 cm³/mol. The van der Waals surface area contributed by atoms with Gasteiger partial charge in [-0.2, -0.15) is 0 Å². The first kappa shape index (κ1) is 17.0. The Hall–Kier alpha value is -0.455. The van der Waals surface area contributed by atoms with Crippen molar-refractivity contribution in [3.05, 3.63) is 23.3 Å². The Morgan fingerprint density at radius 2 is 1.60 bits per heavy atom. The fourth-order valence-electron chi connectivity index (χ4n) is 1.35. The largest absolute Gasteiger partial charge is 0.0785 e. The van der Waals surface area contributed by atoms with E-state index in [0.29, 0.717) is 5.92 Å². The van der Waals surface area contributed by atoms with Crippen molar-refractivity contribution in [3.63, 3.8) is 0 Å². The molecule has 1 aliphatic carbocycles. The van der Waals surface area contributed by atoms with Gasteiger partial charge in [-0.15, -0.1) is 0 Å². The molecule has 0 aromatic carbocycles. The molecular weight excluding hydrogens is 179 g/mol. The van der Waals surface area contributed by atoms with E-state index in [2.05, 4.69) is 26.0 Å². The standard InChI is InChI=1S/C10H15B.2C2H6/c1-8(2)10-5-3-9(7-11)4-6-10;2*1-2/h3,5,8H,4,6-7H2,1-2H3;2*1-2H3. The van der Waals surface area contributed by atoms with Crippen LogP contribution in [0.3, 0.4) is 0 Å². The van der Waals surface area contributed by atoms with E-state index in [-0.39, 0.29) is 0 Å². The first-order chi connectivity index (χ1) is 7.24. The van der Waals surface area contributed by atoms with Gasteiger partial charge in [0.2, 0.25) is 0 Å². The zero-order chi connectivity index (χ0) is 12.3. The maximum absolute atomic E-state index is 5.53. The van der Waals surface area contributed by atoms with Gasteiger partial charge in [-0.05, 0) is 18.8 Å². The molecule has 0 amide bonds. The first-order valence-corrected chi connectivity index (χ1v) is 6.32. The highest BCUT2D eigenvalue weighted by molar-refractivity contribution is 6.10. The summed E-state index contributed by atoms with van der Waals surface area (Å²) in [5.41, 5.74) is 2.94. The van der Waals surface area contributed by atoms with E-state index in [1.165, 1.54) is 18.4 Å². The summed E-state index contributed by atoms with van der Waals surface area (Å²) in [7, 11) is 5.53. The fraction of sp³-hybridized carbons (Fsp3) is 0.714. The van der Waals surface area contributed by atoms with Crippen LogP contribution in [-0.4, -0.2) is 7.85 Å². The molecule has 86 valence electrons. The molecule has 0 nitrogen and oxygen atoms in total. The first-order valence-electron chi connectivity index (χ1n) is 6.32. The number of allylic oxidation sites excluding steroid dienone is 4. The van der Waals surface area contributed by atoms with Crippen LogP contribution < -0.4 is 0 Å². The molecule has 0 fully saturated rings. The summed E-state index contributed by atoms with van der Waals surface area (Å²) in [4.78, 5) is 0. The number of hydrogen-bond acceptors (Lipinski definition) is 0. The van der Waals surface area contributed by atoms with E-state index in [1.54, 1.807) is 5.57 Å². The van der Waals surface area contributed by atoms with Gasteiger partial charge < -0.3 is 0 Å². The molecule has 0 N–H and O–H groups in total. The van der Waals surface area contributed by atoms with Crippen molar-refractivity contribution >= 4 is 7.85 Å². The molecule has 1 rings (SSSR count). The minimum atomic E-state index is 0.700. The Kier molecular flexibility index (Phi) is 13.1. The van der Waals surface area contributed by atoms with Gasteiger partial charge in [0.15, 0.2) is 0 Å². The van der Waals surface area contributed by atoms with Gasteiger partial charge in [-0.25, -0.2) is 0 Å². The maximum Gasteiger partial charge on any atom is 0.0712 e. The van der Waals surface area contributed by atoms with Crippen LogP contribution in [0.5, 0.6) is 0 Å². The van der Waals surface area contributed by atoms with E-state index in [4.69, 9.17) is 7.85 Å². The molecule has 0 bridgehead atoms. The van der Waals surface area contributed by atoms with Crippen molar-refractivity contribution in [1.82, 2.24) is 0 Å². The SMILES string of the molecule is CC.CC.[B]CC1=CC=C(C(C)C)CC1. The summed E-state index contributed by atoms with van der Waals surface area (Å²) in [5.74, 6) is 0.700. The lowest BCUT2D eigenvalue weighted by Crippen LogP contribution is -1.99. The molecule has 0 aromatic heterocycles. The highest BCUT2D eigenvalue weighted by atomic mass is 14.1. The van der Waals surface area contributed by atoms with Gasteiger partial charge in [0.1, 0.15) is 0 Å². The van der Waals surface area contributed by atoms with Gasteiger partial charge in [0.25, 0.3) is 0 Å². The van der Waals surface area contributed by atoms with E-state index in [0.717, 1.165) is 6.32 Å². The highest BCUT2D eigenvalue weighted by Crippen LogP contribution is 2.24. The van der Waals surface area contributed by atoms with Crippen molar-refractivity contribution in [2.45, 2.75) is 60.7 Å². The van der Waals surface area contributed by atoms with E-state index in [1.807, 2.05) is 27.7 Å². The van der Waals surface area contributed by atoms with Crippen LogP contribution in [0.1, 0.15) is 54.4 Å². The van der Waals surface area contributed by atoms with Gasteiger partial charge in [0.05, 0.1) is 7.85 Å². The van der Waals surface area contributed by atoms with Gasteiger partial charge in [-0.1, -0.05) is 71.2 Å². The summed E-state index contributed by atoms with van der Waals surface area (Å²) >= 11 is 0. The summed E-state index contributed by atoms with van der Waals surface area (Å²) in [6.07, 6.45) is 7.51. The van der Waals surface area contributed by atoms with Gasteiger partial charge >= 0.3 is 0 Å². The summed E-state index contributed by atoms with van der Waals surface area (Å²) in [5, 5.41) is 0. The summed E-state index contributed by atoms with van der Waals surface area (Å²) in [6.45, 7) is 12.5. The zero-order valence-electron chi connectivity index (χ0n) is 11.4. The number of hydrogen-bond donors (Lipinski definition) is 0. The Bertz CT molecular complexity index is 188. The Labute approximate surface area is 98.3 Å². The van der Waals surface area contributed by atoms with E-state index < -0.39 is 0 Å². The lowest BCUT2D eigenvalue weighted by Gasteiger charge is -2.16. The topological polar surface area (TPSA) is 0 Å². The second-order valence-corrected chi connectivity index (χ2v) is 3.43. The zero-order valence-corrected chi connectivity index (χ0v) is 11.4. The van der Waals surface area contributed by atoms with Crippen LogP contribution in [0, 0.1) is 5.92 Å². The number of rotatable bonds is 2. The van der Waals surface area contributed by atoms with Crippen molar-refractivity contribution in [3.8, 4) is 0 Å². The smallest absolute Gasteiger partial charge is 0.0712 e. The normalized spacial score (nSPS) is 14.1. The minimum Gasteiger partial charge on any atom is -0.0785 e. The lowest BCUT2D eigenvalue weighted by molar-refractivity contribution is 0.700. The Morgan fingerprint density at radius 3 is 1.87 bits per heavy atom. The van der Waals surface area contributed by atoms with Crippen LogP contribution in [-0.2, 0) is 0 Å². The average Bonchev–Trinajstić information content (AvgIpc) is 2.34. The van der Waals surface area contributed by atoms with Crippen LogP contribution in [0.25, 0.3) is 0 Å². The Balaban J connectivity index is 0. The molecule has 1 aliphatic rings. The third kappa shape index (κ3) is 7.47. The molecule has 15 heavy (non-hydrogen) atoms. The molecule has 1 heteroatoms. The predicted octanol–water partition coefficient (Wildman–Crippen LogP) is 4.93. The molecular formula is C14H27B. The quantitative estimate of drug-likeness (QED) is 0.562. The third-order valence-electron chi connectivity index (χ3n) is 2.27.